The molecule has 0 saturated heterocycles. The second-order valence-corrected chi connectivity index (χ2v) is 6.07. The Morgan fingerprint density at radius 2 is 1.80 bits per heavy atom. The number of aromatic nitrogens is 1. The molecule has 2 aromatic rings. The molecule has 0 atom stereocenters. The van der Waals surface area contributed by atoms with Gasteiger partial charge in [-0.1, -0.05) is 24.3 Å². The van der Waals surface area contributed by atoms with E-state index < -0.39 is 0 Å². The number of hydrogen-bond acceptors (Lipinski definition) is 4. The lowest BCUT2D eigenvalue weighted by atomic mass is 10.2. The number of nitrogens with one attached hydrogen (secondary N) is 2. The van der Waals surface area contributed by atoms with E-state index in [2.05, 4.69) is 61.9 Å². The summed E-state index contributed by atoms with van der Waals surface area (Å²) in [6.45, 7) is 7.07. The van der Waals surface area contributed by atoms with Gasteiger partial charge in [-0.05, 0) is 31.5 Å². The zero-order valence-electron chi connectivity index (χ0n) is 15.0. The second kappa shape index (κ2) is 7.88. The molecule has 1 aliphatic heterocycles. The monoisotopic (exact) mass is 339 g/mol. The molecule has 132 valence electrons. The second-order valence-electron chi connectivity index (χ2n) is 6.07. The van der Waals surface area contributed by atoms with Gasteiger partial charge < -0.3 is 20.0 Å². The van der Waals surface area contributed by atoms with Crippen LogP contribution in [0.5, 0.6) is 0 Å². The molecular formula is C19H25N5O. The highest BCUT2D eigenvalue weighted by molar-refractivity contribution is 5.79. The van der Waals surface area contributed by atoms with Gasteiger partial charge in [-0.3, -0.25) is 4.99 Å². The third-order valence-corrected chi connectivity index (χ3v) is 4.28. The summed E-state index contributed by atoms with van der Waals surface area (Å²) in [6, 6.07) is 8.63. The van der Waals surface area contributed by atoms with Gasteiger partial charge in [0.15, 0.2) is 5.96 Å². The minimum absolute atomic E-state index is 0.509. The Bertz CT molecular complexity index is 733. The van der Waals surface area contributed by atoms with E-state index in [1.54, 1.807) is 7.05 Å². The fraction of sp³-hybridized carbons (Fsp3) is 0.368. The molecule has 3 rings (SSSR count). The topological polar surface area (TPSA) is 65.7 Å². The van der Waals surface area contributed by atoms with Crippen molar-refractivity contribution in [2.24, 2.45) is 4.99 Å². The fourth-order valence-electron chi connectivity index (χ4n) is 2.69. The summed E-state index contributed by atoms with van der Waals surface area (Å²) in [5.74, 6) is 2.25. The van der Waals surface area contributed by atoms with Gasteiger partial charge in [0.25, 0.3) is 0 Å². The first-order valence-corrected chi connectivity index (χ1v) is 8.52. The van der Waals surface area contributed by atoms with Crippen LogP contribution in [-0.4, -0.2) is 31.1 Å². The van der Waals surface area contributed by atoms with Crippen LogP contribution in [0.25, 0.3) is 0 Å². The van der Waals surface area contributed by atoms with Crippen LogP contribution in [0.3, 0.4) is 0 Å². The number of rotatable bonds is 5. The Morgan fingerprint density at radius 3 is 2.40 bits per heavy atom. The number of hydrogen-bond donors (Lipinski definition) is 2. The molecular weight excluding hydrogens is 314 g/mol. The van der Waals surface area contributed by atoms with E-state index in [0.717, 1.165) is 30.5 Å². The molecule has 0 unspecified atom stereocenters. The fourth-order valence-corrected chi connectivity index (χ4v) is 2.69. The van der Waals surface area contributed by atoms with E-state index in [-0.39, 0.29) is 0 Å². The molecule has 1 aromatic carbocycles. The normalized spacial score (nSPS) is 14.2. The third kappa shape index (κ3) is 4.41. The number of aryl methyl sites for hydroxylation is 2. The number of anilines is 1. The third-order valence-electron chi connectivity index (χ3n) is 4.28. The average Bonchev–Trinajstić information content (AvgIpc) is 3.26. The number of aliphatic imine (C=N–C) groups is 1. The van der Waals surface area contributed by atoms with Crippen LogP contribution in [-0.2, 0) is 13.1 Å². The van der Waals surface area contributed by atoms with Gasteiger partial charge in [-0.2, -0.15) is 0 Å². The summed E-state index contributed by atoms with van der Waals surface area (Å²) >= 11 is 0. The van der Waals surface area contributed by atoms with Gasteiger partial charge in [0.2, 0.25) is 5.89 Å². The van der Waals surface area contributed by atoms with Gasteiger partial charge in [-0.15, -0.1) is 0 Å². The Balaban J connectivity index is 1.49. The van der Waals surface area contributed by atoms with Crippen molar-refractivity contribution in [1.82, 2.24) is 15.6 Å². The maximum absolute atomic E-state index is 5.57. The number of nitrogens with zero attached hydrogens (tertiary/aromatic N) is 3. The molecule has 0 fully saturated rings. The van der Waals surface area contributed by atoms with Crippen molar-refractivity contribution in [3.8, 4) is 0 Å². The van der Waals surface area contributed by atoms with Crippen molar-refractivity contribution in [3.63, 3.8) is 0 Å². The molecule has 1 aromatic heterocycles. The largest absolute Gasteiger partial charge is 0.444 e. The van der Waals surface area contributed by atoms with Crippen LogP contribution in [0.4, 0.5) is 5.69 Å². The molecule has 0 radical (unpaired) electrons. The van der Waals surface area contributed by atoms with E-state index in [0.29, 0.717) is 19.0 Å². The van der Waals surface area contributed by atoms with Crippen molar-refractivity contribution in [1.29, 1.82) is 0 Å². The molecule has 0 bridgehead atoms. The lowest BCUT2D eigenvalue weighted by molar-refractivity contribution is 0.463. The molecule has 2 heterocycles. The zero-order valence-corrected chi connectivity index (χ0v) is 15.0. The van der Waals surface area contributed by atoms with E-state index in [1.807, 2.05) is 13.8 Å². The molecule has 0 saturated carbocycles. The molecule has 25 heavy (non-hydrogen) atoms. The van der Waals surface area contributed by atoms with Gasteiger partial charge in [0, 0.05) is 32.4 Å². The van der Waals surface area contributed by atoms with Crippen LogP contribution >= 0.6 is 0 Å². The quantitative estimate of drug-likeness (QED) is 0.498. The van der Waals surface area contributed by atoms with Crippen LogP contribution in [0, 0.1) is 13.8 Å². The van der Waals surface area contributed by atoms with Crippen LogP contribution in [0.1, 0.15) is 22.9 Å². The molecule has 0 spiro atoms. The minimum Gasteiger partial charge on any atom is -0.444 e. The Morgan fingerprint density at radius 1 is 1.12 bits per heavy atom. The van der Waals surface area contributed by atoms with E-state index in [4.69, 9.17) is 4.42 Å². The smallest absolute Gasteiger partial charge is 0.214 e. The summed E-state index contributed by atoms with van der Waals surface area (Å²) in [7, 11) is 1.75. The first-order valence-electron chi connectivity index (χ1n) is 8.52. The van der Waals surface area contributed by atoms with E-state index in [9.17, 15) is 0 Å². The van der Waals surface area contributed by atoms with Crippen molar-refractivity contribution in [2.45, 2.75) is 26.9 Å². The van der Waals surface area contributed by atoms with Crippen molar-refractivity contribution < 1.29 is 4.42 Å². The minimum atomic E-state index is 0.509. The lowest BCUT2D eigenvalue weighted by Gasteiger charge is -2.18. The Labute approximate surface area is 148 Å². The Hall–Kier alpha value is -2.76. The average molecular weight is 339 g/mol. The lowest BCUT2D eigenvalue weighted by Crippen LogP contribution is -2.36. The number of oxazole rings is 1. The maximum Gasteiger partial charge on any atom is 0.214 e. The highest BCUT2D eigenvalue weighted by Gasteiger charge is 2.08. The van der Waals surface area contributed by atoms with Crippen molar-refractivity contribution in [2.75, 3.05) is 25.0 Å². The van der Waals surface area contributed by atoms with Crippen LogP contribution in [0.15, 0.2) is 45.8 Å². The van der Waals surface area contributed by atoms with Gasteiger partial charge >= 0.3 is 0 Å². The maximum atomic E-state index is 5.57. The van der Waals surface area contributed by atoms with Crippen LogP contribution < -0.4 is 15.5 Å². The van der Waals surface area contributed by atoms with Crippen molar-refractivity contribution >= 4 is 11.6 Å². The summed E-state index contributed by atoms with van der Waals surface area (Å²) in [6.07, 6.45) is 4.39. The molecule has 0 amide bonds. The molecule has 1 aliphatic rings. The SMILES string of the molecule is CN=C(NCc1ccc(N2CC=CC2)cc1)NCc1nc(C)c(C)o1. The highest BCUT2D eigenvalue weighted by Crippen LogP contribution is 2.17. The summed E-state index contributed by atoms with van der Waals surface area (Å²) in [4.78, 5) is 10.9. The Kier molecular flexibility index (Phi) is 5.38. The standard InChI is InChI=1S/C19H25N5O/c1-14-15(2)25-18(23-14)13-22-19(20-3)21-12-16-6-8-17(9-7-16)24-10-4-5-11-24/h4-9H,10-13H2,1-3H3,(H2,20,21,22). The van der Waals surface area contributed by atoms with E-state index in [1.165, 1.54) is 11.3 Å². The van der Waals surface area contributed by atoms with Gasteiger partial charge in [0.05, 0.1) is 12.2 Å². The predicted octanol–water partition coefficient (Wildman–Crippen LogP) is 2.53. The molecule has 6 nitrogen and oxygen atoms in total. The number of benzene rings is 1. The molecule has 0 aliphatic carbocycles. The molecule has 2 N–H and O–H groups in total. The summed E-state index contributed by atoms with van der Waals surface area (Å²) in [5, 5.41) is 6.53. The highest BCUT2D eigenvalue weighted by atomic mass is 16.4. The predicted molar refractivity (Wildman–Crippen MR) is 101 cm³/mol. The van der Waals surface area contributed by atoms with Gasteiger partial charge in [0.1, 0.15) is 5.76 Å². The first kappa shape index (κ1) is 17.1. The van der Waals surface area contributed by atoms with Crippen molar-refractivity contribution in [3.05, 3.63) is 59.3 Å². The van der Waals surface area contributed by atoms with E-state index >= 15 is 0 Å². The summed E-state index contributed by atoms with van der Waals surface area (Å²) < 4.78 is 5.57. The van der Waals surface area contributed by atoms with Crippen LogP contribution in [0.2, 0.25) is 0 Å². The number of guanidine groups is 1. The molecule has 6 heteroatoms. The summed E-state index contributed by atoms with van der Waals surface area (Å²) in [5.41, 5.74) is 3.39. The zero-order chi connectivity index (χ0) is 17.6. The van der Waals surface area contributed by atoms with Gasteiger partial charge in [-0.25, -0.2) is 4.98 Å². The first-order chi connectivity index (χ1) is 12.2.